The molecule has 0 radical (unpaired) electrons. The molecule has 0 saturated heterocycles. The van der Waals surface area contributed by atoms with Crippen molar-refractivity contribution in [2.45, 2.75) is 50.7 Å². The van der Waals surface area contributed by atoms with Crippen molar-refractivity contribution in [1.82, 2.24) is 0 Å². The summed E-state index contributed by atoms with van der Waals surface area (Å²) in [6, 6.07) is 7.71. The maximum Gasteiger partial charge on any atom is 0.0722 e. The number of hydrogen-bond acceptors (Lipinski definition) is 2. The van der Waals surface area contributed by atoms with Crippen LogP contribution >= 0.6 is 24.0 Å². The van der Waals surface area contributed by atoms with Crippen LogP contribution in [0.3, 0.4) is 0 Å². The number of hydrogen-bond donors (Lipinski definition) is 2. The van der Waals surface area contributed by atoms with Crippen molar-refractivity contribution in [2.75, 3.05) is 0 Å². The van der Waals surface area contributed by atoms with Gasteiger partial charge in [-0.3, -0.25) is 0 Å². The fraction of sp³-hybridized carbons (Fsp3) is 0.600. The van der Waals surface area contributed by atoms with Gasteiger partial charge in [-0.15, -0.1) is 12.4 Å². The number of benzene rings is 1. The lowest BCUT2D eigenvalue weighted by molar-refractivity contribution is 0.0362. The van der Waals surface area contributed by atoms with E-state index in [9.17, 15) is 5.11 Å². The van der Waals surface area contributed by atoms with Crippen LogP contribution in [-0.4, -0.2) is 17.3 Å². The second-order valence-corrected chi connectivity index (χ2v) is 6.21. The van der Waals surface area contributed by atoms with Crippen molar-refractivity contribution < 1.29 is 5.11 Å². The Balaban J connectivity index is 0.00000180. The normalized spacial score (nSPS) is 20.3. The molecule has 0 aliphatic heterocycles. The molecule has 0 spiro atoms. The van der Waals surface area contributed by atoms with Crippen LogP contribution in [0.25, 0.3) is 0 Å². The average Bonchev–Trinajstić information content (AvgIpc) is 2.28. The van der Waals surface area contributed by atoms with Crippen LogP contribution in [0.5, 0.6) is 0 Å². The zero-order valence-corrected chi connectivity index (χ0v) is 13.0. The van der Waals surface area contributed by atoms with Crippen molar-refractivity contribution in [2.24, 2.45) is 11.7 Å². The first-order valence-electron chi connectivity index (χ1n) is 6.67. The third-order valence-electron chi connectivity index (χ3n) is 4.35. The molecule has 1 aliphatic carbocycles. The minimum atomic E-state index is -0.457. The first-order valence-corrected chi connectivity index (χ1v) is 7.05. The monoisotopic (exact) mass is 303 g/mol. The van der Waals surface area contributed by atoms with Gasteiger partial charge in [-0.25, -0.2) is 0 Å². The summed E-state index contributed by atoms with van der Waals surface area (Å²) in [6.07, 6.45) is 2.83. The van der Waals surface area contributed by atoms with E-state index >= 15 is 0 Å². The maximum absolute atomic E-state index is 10.3. The highest BCUT2D eigenvalue weighted by Gasteiger charge is 2.46. The third kappa shape index (κ3) is 3.08. The van der Waals surface area contributed by atoms with E-state index in [1.807, 2.05) is 26.0 Å². The molecule has 0 unspecified atom stereocenters. The van der Waals surface area contributed by atoms with Crippen LogP contribution in [-0.2, 0) is 5.41 Å². The Morgan fingerprint density at radius 2 is 1.74 bits per heavy atom. The summed E-state index contributed by atoms with van der Waals surface area (Å²) in [5, 5.41) is 11.0. The minimum absolute atomic E-state index is 0. The minimum Gasteiger partial charge on any atom is -0.391 e. The molecule has 1 aromatic rings. The fourth-order valence-electron chi connectivity index (χ4n) is 2.90. The first kappa shape index (κ1) is 16.8. The van der Waals surface area contributed by atoms with E-state index in [0.29, 0.717) is 0 Å². The zero-order valence-electron chi connectivity index (χ0n) is 11.5. The molecule has 1 aromatic carbocycles. The molecule has 1 aliphatic rings. The van der Waals surface area contributed by atoms with Gasteiger partial charge in [-0.1, -0.05) is 44.0 Å². The van der Waals surface area contributed by atoms with E-state index < -0.39 is 6.10 Å². The van der Waals surface area contributed by atoms with Crippen molar-refractivity contribution >= 4 is 24.0 Å². The van der Waals surface area contributed by atoms with Gasteiger partial charge in [0.2, 0.25) is 0 Å². The van der Waals surface area contributed by atoms with Crippen LogP contribution in [0.15, 0.2) is 24.3 Å². The topological polar surface area (TPSA) is 46.2 Å². The highest BCUT2D eigenvalue weighted by molar-refractivity contribution is 6.30. The van der Waals surface area contributed by atoms with Gasteiger partial charge in [0.25, 0.3) is 0 Å². The van der Waals surface area contributed by atoms with Crippen molar-refractivity contribution in [3.63, 3.8) is 0 Å². The average molecular weight is 304 g/mol. The number of aliphatic hydroxyl groups excluding tert-OH is 1. The highest BCUT2D eigenvalue weighted by Crippen LogP contribution is 2.47. The predicted molar refractivity (Wildman–Crippen MR) is 83.0 cm³/mol. The van der Waals surface area contributed by atoms with E-state index in [1.54, 1.807) is 0 Å². The van der Waals surface area contributed by atoms with Crippen LogP contribution in [0.2, 0.25) is 5.02 Å². The molecule has 0 aromatic heterocycles. The Labute approximate surface area is 126 Å². The quantitative estimate of drug-likeness (QED) is 0.894. The molecule has 0 amide bonds. The molecule has 1 fully saturated rings. The summed E-state index contributed by atoms with van der Waals surface area (Å²) in [5.74, 6) is 0.185. The van der Waals surface area contributed by atoms with Gasteiger partial charge >= 0.3 is 0 Å². The first-order chi connectivity index (χ1) is 8.47. The number of halogens is 2. The molecular formula is C15H23Cl2NO. The summed E-state index contributed by atoms with van der Waals surface area (Å²) in [5.41, 5.74) is 7.50. The lowest BCUT2D eigenvalue weighted by Gasteiger charge is -2.49. The van der Waals surface area contributed by atoms with Gasteiger partial charge in [0, 0.05) is 16.5 Å². The predicted octanol–water partition coefficient (Wildman–Crippen LogP) is 3.53. The third-order valence-corrected chi connectivity index (χ3v) is 4.61. The summed E-state index contributed by atoms with van der Waals surface area (Å²) in [6.45, 7) is 4.03. The maximum atomic E-state index is 10.3. The van der Waals surface area contributed by atoms with E-state index in [-0.39, 0.29) is 29.8 Å². The van der Waals surface area contributed by atoms with Gasteiger partial charge in [-0.05, 0) is 36.5 Å². The van der Waals surface area contributed by atoms with Gasteiger partial charge in [0.1, 0.15) is 0 Å². The van der Waals surface area contributed by atoms with E-state index in [2.05, 4.69) is 12.1 Å². The van der Waals surface area contributed by atoms with Crippen molar-refractivity contribution in [3.8, 4) is 0 Å². The molecule has 2 atom stereocenters. The molecule has 1 saturated carbocycles. The summed E-state index contributed by atoms with van der Waals surface area (Å²) >= 11 is 5.93. The molecular weight excluding hydrogens is 281 g/mol. The Bertz CT molecular complexity index is 401. The number of nitrogens with two attached hydrogens (primary N) is 1. The van der Waals surface area contributed by atoms with Crippen LogP contribution in [0, 0.1) is 5.92 Å². The molecule has 108 valence electrons. The Hall–Kier alpha value is -0.280. The molecule has 4 heteroatoms. The second-order valence-electron chi connectivity index (χ2n) is 5.78. The van der Waals surface area contributed by atoms with Crippen LogP contribution < -0.4 is 5.73 Å². The summed E-state index contributed by atoms with van der Waals surface area (Å²) in [7, 11) is 0. The van der Waals surface area contributed by atoms with Gasteiger partial charge in [-0.2, -0.15) is 0 Å². The van der Waals surface area contributed by atoms with Gasteiger partial charge in [0.05, 0.1) is 6.10 Å². The van der Waals surface area contributed by atoms with Gasteiger partial charge in [0.15, 0.2) is 0 Å². The smallest absolute Gasteiger partial charge is 0.0722 e. The molecule has 0 heterocycles. The van der Waals surface area contributed by atoms with E-state index in [0.717, 1.165) is 17.9 Å². The fourth-order valence-corrected chi connectivity index (χ4v) is 3.02. The largest absolute Gasteiger partial charge is 0.391 e. The molecule has 2 nitrogen and oxygen atoms in total. The highest BCUT2D eigenvalue weighted by atomic mass is 35.5. The zero-order chi connectivity index (χ0) is 13.3. The Morgan fingerprint density at radius 1 is 1.21 bits per heavy atom. The molecule has 0 bridgehead atoms. The van der Waals surface area contributed by atoms with E-state index in [1.165, 1.54) is 12.0 Å². The summed E-state index contributed by atoms with van der Waals surface area (Å²) in [4.78, 5) is 0. The Morgan fingerprint density at radius 3 is 2.11 bits per heavy atom. The van der Waals surface area contributed by atoms with Crippen molar-refractivity contribution in [3.05, 3.63) is 34.9 Å². The number of aliphatic hydroxyl groups is 1. The van der Waals surface area contributed by atoms with Crippen molar-refractivity contribution in [1.29, 1.82) is 0 Å². The SMILES string of the molecule is CC(C)[C@H](O)[C@H](N)C1(c2ccc(Cl)cc2)CCC1.Cl. The Kier molecular flexibility index (Phi) is 5.69. The van der Waals surface area contributed by atoms with Gasteiger partial charge < -0.3 is 10.8 Å². The molecule has 19 heavy (non-hydrogen) atoms. The lowest BCUT2D eigenvalue weighted by atomic mass is 9.58. The lowest BCUT2D eigenvalue weighted by Crippen LogP contribution is -2.57. The van der Waals surface area contributed by atoms with Crippen LogP contribution in [0.1, 0.15) is 38.7 Å². The number of rotatable bonds is 4. The molecule has 2 rings (SSSR count). The standard InChI is InChI=1S/C15H22ClNO.ClH/c1-10(2)13(18)14(17)15(8-3-9-15)11-4-6-12(16)7-5-11;/h4-7,10,13-14,18H,3,8-9,17H2,1-2H3;1H/t13-,14-;/m0./s1. The second kappa shape index (κ2) is 6.45. The summed E-state index contributed by atoms with van der Waals surface area (Å²) < 4.78 is 0. The van der Waals surface area contributed by atoms with Crippen LogP contribution in [0.4, 0.5) is 0 Å². The van der Waals surface area contributed by atoms with E-state index in [4.69, 9.17) is 17.3 Å². The molecule has 3 N–H and O–H groups in total.